The van der Waals surface area contributed by atoms with E-state index < -0.39 is 0 Å². The van der Waals surface area contributed by atoms with Gasteiger partial charge in [-0.25, -0.2) is 15.0 Å². The van der Waals surface area contributed by atoms with Crippen LogP contribution in [0.2, 0.25) is 0 Å². The van der Waals surface area contributed by atoms with Crippen molar-refractivity contribution < 1.29 is 77.3 Å². The van der Waals surface area contributed by atoms with Gasteiger partial charge in [-0.1, -0.05) is 35.4 Å². The number of hydrogen-bond acceptors (Lipinski definition) is 2. The molecule has 0 radical (unpaired) electrons. The maximum atomic E-state index is 5.07. The Bertz CT molecular complexity index is 2450. The van der Waals surface area contributed by atoms with Gasteiger partial charge in [-0.2, -0.15) is 4.57 Å². The molecular weight excluding hydrogens is 662 g/mol. The van der Waals surface area contributed by atoms with E-state index in [2.05, 4.69) is 86.1 Å². The Labute approximate surface area is 327 Å². The number of pyridine rings is 4. The van der Waals surface area contributed by atoms with Gasteiger partial charge in [-0.3, -0.25) is 4.98 Å². The molecule has 0 aliphatic heterocycles. The van der Waals surface area contributed by atoms with Crippen LogP contribution in [-0.2, 0) is 6.67 Å². The summed E-state index contributed by atoms with van der Waals surface area (Å²) in [6, 6.07) is 51.2. The second-order valence-electron chi connectivity index (χ2n) is 11.1. The molecule has 0 bridgehead atoms. The van der Waals surface area contributed by atoms with Crippen LogP contribution in [0.25, 0.3) is 66.4 Å². The number of hydrogen-bond donors (Lipinski definition) is 0. The summed E-state index contributed by atoms with van der Waals surface area (Å²) in [6.07, 6.45) is 8.12. The summed E-state index contributed by atoms with van der Waals surface area (Å²) in [6.45, 7) is 0.639. The van der Waals surface area contributed by atoms with E-state index in [1.807, 2.05) is 103 Å². The molecule has 7 heteroatoms. The number of nitrogens with zero attached hydrogens (tertiary/aromatic N) is 4. The van der Waals surface area contributed by atoms with Gasteiger partial charge >= 0.3 is 64.9 Å². The zero-order valence-electron chi connectivity index (χ0n) is 26.5. The first kappa shape index (κ1) is 32.0. The molecule has 0 unspecified atom stereocenters. The molecule has 5 heterocycles. The number of benzene rings is 4. The van der Waals surface area contributed by atoms with Crippen LogP contribution < -0.4 is 77.3 Å². The summed E-state index contributed by atoms with van der Waals surface area (Å²) in [5, 5.41) is 2.13. The van der Waals surface area contributed by atoms with E-state index in [0.717, 1.165) is 66.4 Å². The minimum Gasteiger partial charge on any atom is -0.251 e. The molecular formula is C41H30N6Rb+3. The number of para-hydroxylation sites is 2. The fourth-order valence-electron chi connectivity index (χ4n) is 6.03. The number of aromatic nitrogens is 6. The van der Waals surface area contributed by atoms with Crippen LogP contribution >= 0.6 is 0 Å². The van der Waals surface area contributed by atoms with E-state index in [4.69, 9.17) is 9.97 Å². The van der Waals surface area contributed by atoms with Crippen molar-refractivity contribution in [1.29, 1.82) is 0 Å². The Morgan fingerprint density at radius 1 is 0.542 bits per heavy atom. The quantitative estimate of drug-likeness (QED) is 0.123. The van der Waals surface area contributed by atoms with Gasteiger partial charge in [0.1, 0.15) is 22.4 Å². The van der Waals surface area contributed by atoms with Crippen LogP contribution in [0.15, 0.2) is 158 Å². The van der Waals surface area contributed by atoms with Crippen molar-refractivity contribution in [2.45, 2.75) is 6.67 Å². The topological polar surface area (TPSA) is 61.8 Å². The minimum absolute atomic E-state index is 0. The summed E-state index contributed by atoms with van der Waals surface area (Å²) in [5.41, 5.74) is 10.1. The average Bonchev–Trinajstić information content (AvgIpc) is 3.16. The molecule has 0 saturated carbocycles. The molecule has 4 aromatic carbocycles. The maximum Gasteiger partial charge on any atom is 1.00 e. The predicted octanol–water partition coefficient (Wildman–Crippen LogP) is 3.42. The van der Waals surface area contributed by atoms with Gasteiger partial charge in [0.05, 0.1) is 21.8 Å². The monoisotopic (exact) mass is 691 g/mol. The van der Waals surface area contributed by atoms with Crippen molar-refractivity contribution in [1.82, 2.24) is 9.97 Å². The second-order valence-corrected chi connectivity index (χ2v) is 11.1. The van der Waals surface area contributed by atoms with Crippen molar-refractivity contribution in [2.24, 2.45) is 0 Å². The van der Waals surface area contributed by atoms with Crippen molar-refractivity contribution in [3.05, 3.63) is 170 Å². The van der Waals surface area contributed by atoms with Crippen LogP contribution in [0.5, 0.6) is 0 Å². The Kier molecular flexibility index (Phi) is 9.77. The van der Waals surface area contributed by atoms with Gasteiger partial charge in [0.15, 0.2) is 24.8 Å². The fourth-order valence-corrected chi connectivity index (χ4v) is 6.03. The third-order valence-corrected chi connectivity index (χ3v) is 8.18. The van der Waals surface area contributed by atoms with Crippen LogP contribution in [0.4, 0.5) is 0 Å². The number of H-pyrrole nitrogens is 2. The molecule has 9 rings (SSSR count). The summed E-state index contributed by atoms with van der Waals surface area (Å²) in [4.78, 5) is 16.7. The Morgan fingerprint density at radius 3 is 1.92 bits per heavy atom. The average molecular weight is 692 g/mol. The molecule has 0 saturated heterocycles. The van der Waals surface area contributed by atoms with Crippen molar-refractivity contribution in [3.63, 3.8) is 0 Å². The minimum atomic E-state index is 0. The SMILES string of the molecule is [Rb+].[c-]1ccccc1-c1cccc[n+]1C[n+]1cccc2c3nc4ccccc4nc3c3ccc[nH+]c3c21.[c-]1ccccc1-c1cccc[nH+]1. The number of rotatable bonds is 4. The molecule has 222 valence electrons. The van der Waals surface area contributed by atoms with Crippen LogP contribution in [0, 0.1) is 12.1 Å². The van der Waals surface area contributed by atoms with Crippen LogP contribution in [-0.4, -0.2) is 9.97 Å². The first-order valence-corrected chi connectivity index (χ1v) is 15.5. The first-order valence-electron chi connectivity index (χ1n) is 15.5. The zero-order chi connectivity index (χ0) is 31.4. The molecule has 0 fully saturated rings. The summed E-state index contributed by atoms with van der Waals surface area (Å²) in [7, 11) is 0. The largest absolute Gasteiger partial charge is 1.00 e. The van der Waals surface area contributed by atoms with E-state index >= 15 is 0 Å². The van der Waals surface area contributed by atoms with E-state index in [1.54, 1.807) is 0 Å². The molecule has 0 amide bonds. The normalized spacial score (nSPS) is 10.8. The predicted molar refractivity (Wildman–Crippen MR) is 182 cm³/mol. The van der Waals surface area contributed by atoms with E-state index in [9.17, 15) is 0 Å². The third kappa shape index (κ3) is 6.45. The Morgan fingerprint density at radius 2 is 1.19 bits per heavy atom. The Balaban J connectivity index is 0.000000237. The number of nitrogens with one attached hydrogen (secondary N) is 2. The zero-order valence-corrected chi connectivity index (χ0v) is 31.4. The molecule has 0 spiro atoms. The molecule has 5 aromatic heterocycles. The molecule has 2 N–H and O–H groups in total. The van der Waals surface area contributed by atoms with Gasteiger partial charge in [-0.15, -0.1) is 65.2 Å². The number of aromatic amines is 2. The van der Waals surface area contributed by atoms with Crippen molar-refractivity contribution in [2.75, 3.05) is 0 Å². The number of fused-ring (bicyclic) bond motifs is 7. The van der Waals surface area contributed by atoms with Gasteiger partial charge in [0.25, 0.3) is 11.0 Å². The van der Waals surface area contributed by atoms with E-state index in [0.29, 0.717) is 6.67 Å². The van der Waals surface area contributed by atoms with Gasteiger partial charge in [-0.05, 0) is 36.4 Å². The molecule has 0 atom stereocenters. The second kappa shape index (κ2) is 14.7. The Hall–Kier alpha value is -4.59. The molecule has 0 aliphatic carbocycles. The van der Waals surface area contributed by atoms with Gasteiger partial charge in [0, 0.05) is 24.3 Å². The fraction of sp³-hybridized carbons (Fsp3) is 0.0244. The van der Waals surface area contributed by atoms with Crippen molar-refractivity contribution >= 4 is 43.9 Å². The molecule has 6 nitrogen and oxygen atoms in total. The first-order chi connectivity index (χ1) is 23.3. The molecule has 0 aliphatic rings. The summed E-state index contributed by atoms with van der Waals surface area (Å²) < 4.78 is 4.52. The smallest absolute Gasteiger partial charge is 0.251 e. The van der Waals surface area contributed by atoms with Crippen LogP contribution in [0.1, 0.15) is 0 Å². The van der Waals surface area contributed by atoms with E-state index in [1.165, 1.54) is 0 Å². The molecule has 9 aromatic rings. The van der Waals surface area contributed by atoms with Gasteiger partial charge in [0.2, 0.25) is 0 Å². The van der Waals surface area contributed by atoms with Crippen LogP contribution in [0.3, 0.4) is 0 Å². The summed E-state index contributed by atoms with van der Waals surface area (Å²) in [5.74, 6) is 0. The standard InChI is InChI=1S/C30H20N5.C11H8N.Rb/c1-2-10-21(11-3-1)26-16-6-7-18-34(26)20-35-19-9-13-23-28-27(22-12-8-17-31-29(22)30(23)35)32-24-14-4-5-15-25(24)33-28;1-2-6-10(7-3-1)11-8-4-5-9-12-11;/h1-10,12-19H,20H2;1-6,8-9H;/q+1;-1;+1/p+2. The van der Waals surface area contributed by atoms with Crippen molar-refractivity contribution in [3.8, 4) is 22.5 Å². The maximum absolute atomic E-state index is 5.07. The third-order valence-electron chi connectivity index (χ3n) is 8.18. The van der Waals surface area contributed by atoms with Gasteiger partial charge < -0.3 is 0 Å². The van der Waals surface area contributed by atoms with E-state index in [-0.39, 0.29) is 58.2 Å². The molecule has 48 heavy (non-hydrogen) atoms. The summed E-state index contributed by atoms with van der Waals surface area (Å²) >= 11 is 0.